The smallest absolute Gasteiger partial charge is 0.267 e. The van der Waals surface area contributed by atoms with E-state index in [1.807, 2.05) is 29.3 Å². The van der Waals surface area contributed by atoms with Gasteiger partial charge in [-0.15, -0.1) is 11.3 Å². The predicted octanol–water partition coefficient (Wildman–Crippen LogP) is 4.91. The quantitative estimate of drug-likeness (QED) is 0.822. The van der Waals surface area contributed by atoms with Crippen LogP contribution in [0.3, 0.4) is 0 Å². The van der Waals surface area contributed by atoms with Gasteiger partial charge >= 0.3 is 0 Å². The molecule has 2 aromatic rings. The Morgan fingerprint density at radius 3 is 2.54 bits per heavy atom. The monoisotopic (exact) mass is 377 g/mol. The van der Waals surface area contributed by atoms with Crippen molar-refractivity contribution in [3.8, 4) is 0 Å². The molecule has 1 N–H and O–H groups in total. The summed E-state index contributed by atoms with van der Waals surface area (Å²) in [6, 6.07) is 3.71. The molecule has 0 aromatic carbocycles. The summed E-state index contributed by atoms with van der Waals surface area (Å²) < 4.78 is 4.87. The Morgan fingerprint density at radius 1 is 1.21 bits per heavy atom. The third-order valence-corrected chi connectivity index (χ3v) is 8.58. The van der Waals surface area contributed by atoms with Gasteiger partial charge < -0.3 is 0 Å². The predicted molar refractivity (Wildman–Crippen MR) is 98.9 cm³/mol. The first-order valence-corrected chi connectivity index (χ1v) is 11.0. The zero-order valence-corrected chi connectivity index (χ0v) is 15.7. The Labute approximate surface area is 153 Å². The molecule has 0 radical (unpaired) electrons. The van der Waals surface area contributed by atoms with E-state index in [-0.39, 0.29) is 5.91 Å². The highest BCUT2D eigenvalue weighted by atomic mass is 32.2. The van der Waals surface area contributed by atoms with Gasteiger partial charge in [0.2, 0.25) is 10.3 Å². The lowest BCUT2D eigenvalue weighted by molar-refractivity contribution is 0.0382. The van der Waals surface area contributed by atoms with E-state index in [0.717, 1.165) is 22.9 Å². The molecule has 0 saturated heterocycles. The number of hydrogen-bond donors (Lipinski definition) is 1. The van der Waals surface area contributed by atoms with Crippen LogP contribution in [0.15, 0.2) is 22.7 Å². The lowest BCUT2D eigenvalue weighted by Crippen LogP contribution is -2.48. The van der Waals surface area contributed by atoms with Gasteiger partial charge in [-0.1, -0.05) is 17.8 Å². The van der Waals surface area contributed by atoms with Crippen molar-refractivity contribution in [3.63, 3.8) is 0 Å². The summed E-state index contributed by atoms with van der Waals surface area (Å²) in [7, 11) is 0. The van der Waals surface area contributed by atoms with Crippen LogP contribution in [0.4, 0.5) is 5.13 Å². The van der Waals surface area contributed by atoms with Crippen molar-refractivity contribution < 1.29 is 4.79 Å². The molecule has 2 heterocycles. The van der Waals surface area contributed by atoms with Crippen molar-refractivity contribution >= 4 is 45.7 Å². The maximum atomic E-state index is 12.1. The molecule has 4 fully saturated rings. The van der Waals surface area contributed by atoms with E-state index in [9.17, 15) is 4.79 Å². The molecule has 0 atom stereocenters. The number of rotatable bonds is 4. The molecule has 4 aliphatic carbocycles. The Hall–Kier alpha value is -0.920. The first-order chi connectivity index (χ1) is 11.7. The molecule has 4 nitrogen and oxygen atoms in total. The SMILES string of the molecule is O=C(Nc1nc(SC23CC4CC(CC(C4)C2)C3)ns1)c1cccs1. The van der Waals surface area contributed by atoms with E-state index in [2.05, 4.69) is 14.7 Å². The number of carbonyl (C=O) groups excluding carboxylic acids is 1. The normalized spacial score (nSPS) is 33.8. The van der Waals surface area contributed by atoms with E-state index in [0.29, 0.717) is 14.8 Å². The van der Waals surface area contributed by atoms with Gasteiger partial charge in [-0.3, -0.25) is 10.1 Å². The van der Waals surface area contributed by atoms with E-state index in [1.165, 1.54) is 61.4 Å². The summed E-state index contributed by atoms with van der Waals surface area (Å²) in [6.07, 6.45) is 8.35. The number of amides is 1. The van der Waals surface area contributed by atoms with E-state index >= 15 is 0 Å². The number of nitrogens with one attached hydrogen (secondary N) is 1. The Bertz CT molecular complexity index is 720. The molecule has 126 valence electrons. The summed E-state index contributed by atoms with van der Waals surface area (Å²) in [4.78, 5) is 17.4. The topological polar surface area (TPSA) is 54.9 Å². The lowest BCUT2D eigenvalue weighted by Gasteiger charge is -2.56. The van der Waals surface area contributed by atoms with E-state index in [1.54, 1.807) is 0 Å². The second-order valence-electron chi connectivity index (χ2n) is 7.52. The average molecular weight is 378 g/mol. The molecule has 0 spiro atoms. The minimum atomic E-state index is -0.0903. The van der Waals surface area contributed by atoms with E-state index in [4.69, 9.17) is 0 Å². The van der Waals surface area contributed by atoms with Crippen LogP contribution in [-0.4, -0.2) is 20.0 Å². The Morgan fingerprint density at radius 2 is 1.92 bits per heavy atom. The van der Waals surface area contributed by atoms with E-state index < -0.39 is 0 Å². The number of carbonyl (C=O) groups is 1. The van der Waals surface area contributed by atoms with Crippen LogP contribution in [0.1, 0.15) is 48.2 Å². The molecule has 4 aliphatic rings. The first-order valence-electron chi connectivity index (χ1n) is 8.55. The van der Waals surface area contributed by atoms with Crippen LogP contribution < -0.4 is 5.32 Å². The second kappa shape index (κ2) is 5.81. The fourth-order valence-corrected chi connectivity index (χ4v) is 8.11. The summed E-state index contributed by atoms with van der Waals surface area (Å²) in [5.41, 5.74) is 0. The maximum absolute atomic E-state index is 12.1. The molecule has 0 unspecified atom stereocenters. The van der Waals surface area contributed by atoms with Crippen LogP contribution in [0.5, 0.6) is 0 Å². The summed E-state index contributed by atoms with van der Waals surface area (Å²) >= 11 is 4.62. The van der Waals surface area contributed by atoms with Crippen LogP contribution >= 0.6 is 34.6 Å². The van der Waals surface area contributed by atoms with Gasteiger partial charge in [0.15, 0.2) is 0 Å². The molecule has 4 saturated carbocycles. The molecule has 2 aromatic heterocycles. The van der Waals surface area contributed by atoms with Crippen LogP contribution in [-0.2, 0) is 0 Å². The number of thiophene rings is 1. The molecule has 0 aliphatic heterocycles. The maximum Gasteiger partial charge on any atom is 0.267 e. The lowest BCUT2D eigenvalue weighted by atomic mass is 9.56. The van der Waals surface area contributed by atoms with Crippen molar-refractivity contribution in [1.29, 1.82) is 0 Å². The van der Waals surface area contributed by atoms with Crippen molar-refractivity contribution in [1.82, 2.24) is 9.36 Å². The van der Waals surface area contributed by atoms with Gasteiger partial charge in [0.25, 0.3) is 5.91 Å². The van der Waals surface area contributed by atoms with Gasteiger partial charge in [-0.2, -0.15) is 9.36 Å². The van der Waals surface area contributed by atoms with Crippen LogP contribution in [0.25, 0.3) is 0 Å². The molecular weight excluding hydrogens is 358 g/mol. The first kappa shape index (κ1) is 15.3. The average Bonchev–Trinajstić information content (AvgIpc) is 3.17. The number of thioether (sulfide) groups is 1. The Kier molecular flexibility index (Phi) is 3.72. The Balaban J connectivity index is 1.29. The van der Waals surface area contributed by atoms with Crippen molar-refractivity contribution in [3.05, 3.63) is 22.4 Å². The van der Waals surface area contributed by atoms with Crippen molar-refractivity contribution in [2.24, 2.45) is 17.8 Å². The van der Waals surface area contributed by atoms with Crippen molar-refractivity contribution in [2.45, 2.75) is 48.4 Å². The summed E-state index contributed by atoms with van der Waals surface area (Å²) in [5, 5.41) is 6.24. The zero-order valence-electron chi connectivity index (χ0n) is 13.2. The highest BCUT2D eigenvalue weighted by molar-refractivity contribution is 8.00. The zero-order chi connectivity index (χ0) is 16.1. The molecule has 7 heteroatoms. The standard InChI is InChI=1S/C17H19N3OS3/c21-14(13-2-1-3-22-13)18-15-19-16(20-24-15)23-17-7-10-4-11(8-17)6-12(5-10)9-17/h1-3,10-12H,4-9H2,(H,18,19,20,21). The number of aromatic nitrogens is 2. The summed E-state index contributed by atoms with van der Waals surface area (Å²) in [6.45, 7) is 0. The molecular formula is C17H19N3OS3. The van der Waals surface area contributed by atoms with Crippen LogP contribution in [0.2, 0.25) is 0 Å². The number of hydrogen-bond acceptors (Lipinski definition) is 6. The largest absolute Gasteiger partial charge is 0.296 e. The minimum absolute atomic E-state index is 0.0903. The molecule has 4 bridgehead atoms. The van der Waals surface area contributed by atoms with Crippen molar-refractivity contribution in [2.75, 3.05) is 5.32 Å². The molecule has 6 rings (SSSR count). The minimum Gasteiger partial charge on any atom is -0.296 e. The fourth-order valence-electron chi connectivity index (χ4n) is 5.22. The fraction of sp³-hybridized carbons (Fsp3) is 0.588. The van der Waals surface area contributed by atoms with Gasteiger partial charge in [0.1, 0.15) is 0 Å². The molecule has 1 amide bonds. The molecule has 24 heavy (non-hydrogen) atoms. The van der Waals surface area contributed by atoms with Gasteiger partial charge in [-0.05, 0) is 67.7 Å². The van der Waals surface area contributed by atoms with Gasteiger partial charge in [0.05, 0.1) is 4.88 Å². The summed E-state index contributed by atoms with van der Waals surface area (Å²) in [5.74, 6) is 2.70. The number of anilines is 1. The van der Waals surface area contributed by atoms with Gasteiger partial charge in [0, 0.05) is 16.3 Å². The number of nitrogens with zero attached hydrogens (tertiary/aromatic N) is 2. The highest BCUT2D eigenvalue weighted by Crippen LogP contribution is 2.61. The third kappa shape index (κ3) is 2.80. The van der Waals surface area contributed by atoms with Crippen LogP contribution in [0, 0.1) is 17.8 Å². The third-order valence-electron chi connectivity index (χ3n) is 5.66. The second-order valence-corrected chi connectivity index (χ2v) is 10.7. The van der Waals surface area contributed by atoms with Gasteiger partial charge in [-0.25, -0.2) is 0 Å². The highest BCUT2D eigenvalue weighted by Gasteiger charge is 2.51.